The number of esters is 1. The largest absolute Gasteiger partial charge is 0.465 e. The Morgan fingerprint density at radius 2 is 1.75 bits per heavy atom. The van der Waals surface area contributed by atoms with Crippen LogP contribution in [0.2, 0.25) is 0 Å². The molecule has 0 aliphatic rings. The van der Waals surface area contributed by atoms with E-state index in [9.17, 15) is 22.4 Å². The number of rotatable bonds is 8. The van der Waals surface area contributed by atoms with Crippen LogP contribution in [0.4, 0.5) is 15.8 Å². The Kier molecular flexibility index (Phi) is 7.11. The quantitative estimate of drug-likeness (QED) is 0.678. The number of anilines is 2. The molecule has 2 aromatic rings. The third kappa shape index (κ3) is 5.78. The molecule has 0 fully saturated rings. The van der Waals surface area contributed by atoms with Gasteiger partial charge >= 0.3 is 5.97 Å². The molecule has 28 heavy (non-hydrogen) atoms. The zero-order valence-electron chi connectivity index (χ0n) is 15.5. The fourth-order valence-corrected chi connectivity index (χ4v) is 3.54. The molecule has 0 aliphatic heterocycles. The number of hydrogen-bond donors (Lipinski definition) is 1. The number of methoxy groups -OCH3 is 1. The Bertz CT molecular complexity index is 945. The standard InChI is InChI=1S/C19H21FN2O5S/c1-27-19(24)16-6-3-4-7-17(16)21-18(23)8-5-13-22(28(2,25)26)15-11-9-14(20)10-12-15/h3-4,6-7,9-12H,5,8,13H2,1-2H3,(H,21,23). The molecule has 0 atom stereocenters. The molecule has 2 rings (SSSR count). The molecule has 9 heteroatoms. The summed E-state index contributed by atoms with van der Waals surface area (Å²) in [6.07, 6.45) is 1.31. The second-order valence-electron chi connectivity index (χ2n) is 6.00. The van der Waals surface area contributed by atoms with Gasteiger partial charge in [-0.05, 0) is 42.8 Å². The Labute approximate surface area is 163 Å². The van der Waals surface area contributed by atoms with Gasteiger partial charge in [-0.15, -0.1) is 0 Å². The number of amides is 1. The van der Waals surface area contributed by atoms with Gasteiger partial charge in [0.15, 0.2) is 0 Å². The first kappa shape index (κ1) is 21.4. The lowest BCUT2D eigenvalue weighted by atomic mass is 10.1. The number of benzene rings is 2. The number of ether oxygens (including phenoxy) is 1. The number of nitrogens with zero attached hydrogens (tertiary/aromatic N) is 1. The molecule has 0 aromatic heterocycles. The minimum atomic E-state index is -3.59. The van der Waals surface area contributed by atoms with Crippen LogP contribution in [0.5, 0.6) is 0 Å². The highest BCUT2D eigenvalue weighted by molar-refractivity contribution is 7.92. The minimum absolute atomic E-state index is 0.0305. The van der Waals surface area contributed by atoms with Crippen LogP contribution < -0.4 is 9.62 Å². The smallest absolute Gasteiger partial charge is 0.339 e. The number of carbonyl (C=O) groups is 2. The summed E-state index contributed by atoms with van der Waals surface area (Å²) in [4.78, 5) is 23.9. The average Bonchev–Trinajstić information content (AvgIpc) is 2.65. The summed E-state index contributed by atoms with van der Waals surface area (Å²) in [6, 6.07) is 11.5. The maximum absolute atomic E-state index is 13.1. The number of hydrogen-bond acceptors (Lipinski definition) is 5. The molecular formula is C19H21FN2O5S. The summed E-state index contributed by atoms with van der Waals surface area (Å²) in [6.45, 7) is 0.0521. The van der Waals surface area contributed by atoms with Crippen LogP contribution in [0.15, 0.2) is 48.5 Å². The highest BCUT2D eigenvalue weighted by Crippen LogP contribution is 2.20. The van der Waals surface area contributed by atoms with Crippen LogP contribution in [-0.2, 0) is 19.6 Å². The van der Waals surface area contributed by atoms with Crippen molar-refractivity contribution >= 4 is 33.3 Å². The van der Waals surface area contributed by atoms with E-state index in [1.54, 1.807) is 18.2 Å². The predicted octanol–water partition coefficient (Wildman–Crippen LogP) is 2.80. The van der Waals surface area contributed by atoms with Crippen LogP contribution in [-0.4, -0.2) is 40.2 Å². The first-order valence-electron chi connectivity index (χ1n) is 8.43. The Hall–Kier alpha value is -2.94. The van der Waals surface area contributed by atoms with Crippen LogP contribution in [0, 0.1) is 5.82 Å². The Morgan fingerprint density at radius 1 is 1.11 bits per heavy atom. The van der Waals surface area contributed by atoms with Crippen molar-refractivity contribution in [3.8, 4) is 0 Å². The van der Waals surface area contributed by atoms with E-state index in [-0.39, 0.29) is 30.9 Å². The van der Waals surface area contributed by atoms with Gasteiger partial charge in [0, 0.05) is 13.0 Å². The normalized spacial score (nSPS) is 11.0. The van der Waals surface area contributed by atoms with Crippen molar-refractivity contribution in [2.45, 2.75) is 12.8 Å². The second-order valence-corrected chi connectivity index (χ2v) is 7.91. The van der Waals surface area contributed by atoms with Gasteiger partial charge in [0.1, 0.15) is 5.82 Å². The topological polar surface area (TPSA) is 92.8 Å². The Balaban J connectivity index is 2.00. The van der Waals surface area contributed by atoms with Crippen LogP contribution >= 0.6 is 0 Å². The van der Waals surface area contributed by atoms with Crippen molar-refractivity contribution < 1.29 is 27.1 Å². The zero-order chi connectivity index (χ0) is 20.7. The summed E-state index contributed by atoms with van der Waals surface area (Å²) in [5.74, 6) is -1.42. The van der Waals surface area contributed by atoms with Crippen molar-refractivity contribution in [2.24, 2.45) is 0 Å². The lowest BCUT2D eigenvalue weighted by Crippen LogP contribution is -2.31. The summed E-state index contributed by atoms with van der Waals surface area (Å²) in [5, 5.41) is 2.63. The van der Waals surface area contributed by atoms with Gasteiger partial charge in [-0.25, -0.2) is 17.6 Å². The zero-order valence-corrected chi connectivity index (χ0v) is 16.3. The number of halogens is 1. The van der Waals surface area contributed by atoms with Crippen molar-refractivity contribution in [3.05, 3.63) is 59.9 Å². The van der Waals surface area contributed by atoms with Crippen LogP contribution in [0.3, 0.4) is 0 Å². The number of nitrogens with one attached hydrogen (secondary N) is 1. The molecule has 1 amide bonds. The molecule has 0 saturated carbocycles. The summed E-state index contributed by atoms with van der Waals surface area (Å²) in [7, 11) is -2.34. The maximum Gasteiger partial charge on any atom is 0.339 e. The number of sulfonamides is 1. The fraction of sp³-hybridized carbons (Fsp3) is 0.263. The van der Waals surface area contributed by atoms with Crippen molar-refractivity contribution in [3.63, 3.8) is 0 Å². The molecule has 0 unspecified atom stereocenters. The van der Waals surface area contributed by atoms with Gasteiger partial charge < -0.3 is 10.1 Å². The predicted molar refractivity (Wildman–Crippen MR) is 104 cm³/mol. The fourth-order valence-electron chi connectivity index (χ4n) is 2.57. The Morgan fingerprint density at radius 3 is 2.36 bits per heavy atom. The lowest BCUT2D eigenvalue weighted by molar-refractivity contribution is -0.116. The molecule has 0 radical (unpaired) electrons. The SMILES string of the molecule is COC(=O)c1ccccc1NC(=O)CCCN(c1ccc(F)cc1)S(C)(=O)=O. The highest BCUT2D eigenvalue weighted by atomic mass is 32.2. The lowest BCUT2D eigenvalue weighted by Gasteiger charge is -2.22. The minimum Gasteiger partial charge on any atom is -0.465 e. The molecule has 0 aliphatic carbocycles. The summed E-state index contributed by atoms with van der Waals surface area (Å²) >= 11 is 0. The molecule has 7 nitrogen and oxygen atoms in total. The molecule has 0 spiro atoms. The van der Waals surface area contributed by atoms with Crippen LogP contribution in [0.25, 0.3) is 0 Å². The molecule has 0 heterocycles. The van der Waals surface area contributed by atoms with E-state index in [0.29, 0.717) is 11.4 Å². The van der Waals surface area contributed by atoms with E-state index in [1.165, 1.54) is 37.4 Å². The first-order chi connectivity index (χ1) is 13.2. The number of para-hydroxylation sites is 1. The van der Waals surface area contributed by atoms with Gasteiger partial charge in [-0.1, -0.05) is 12.1 Å². The van der Waals surface area contributed by atoms with Crippen LogP contribution in [0.1, 0.15) is 23.2 Å². The van der Waals surface area contributed by atoms with Gasteiger partial charge in [0.25, 0.3) is 0 Å². The van der Waals surface area contributed by atoms with Gasteiger partial charge in [0.2, 0.25) is 15.9 Å². The summed E-state index contributed by atoms with van der Waals surface area (Å²) in [5.41, 5.74) is 0.862. The van der Waals surface area contributed by atoms with E-state index in [4.69, 9.17) is 0 Å². The van der Waals surface area contributed by atoms with E-state index in [1.807, 2.05) is 0 Å². The third-order valence-corrected chi connectivity index (χ3v) is 5.08. The van der Waals surface area contributed by atoms with Crippen molar-refractivity contribution in [1.82, 2.24) is 0 Å². The van der Waals surface area contributed by atoms with Crippen molar-refractivity contribution in [2.75, 3.05) is 29.5 Å². The number of carbonyl (C=O) groups excluding carboxylic acids is 2. The molecule has 2 aromatic carbocycles. The van der Waals surface area contributed by atoms with E-state index >= 15 is 0 Å². The average molecular weight is 408 g/mol. The van der Waals surface area contributed by atoms with Gasteiger partial charge in [0.05, 0.1) is 30.3 Å². The highest BCUT2D eigenvalue weighted by Gasteiger charge is 2.18. The van der Waals surface area contributed by atoms with Gasteiger partial charge in [-0.3, -0.25) is 9.10 Å². The second kappa shape index (κ2) is 9.32. The molecule has 150 valence electrons. The first-order valence-corrected chi connectivity index (χ1v) is 10.3. The monoisotopic (exact) mass is 408 g/mol. The van der Waals surface area contributed by atoms with Crippen molar-refractivity contribution in [1.29, 1.82) is 0 Å². The molecule has 1 N–H and O–H groups in total. The molecule has 0 bridgehead atoms. The van der Waals surface area contributed by atoms with E-state index < -0.39 is 21.8 Å². The summed E-state index contributed by atoms with van der Waals surface area (Å²) < 4.78 is 42.9. The molecular weight excluding hydrogens is 387 g/mol. The maximum atomic E-state index is 13.1. The third-order valence-electron chi connectivity index (χ3n) is 3.89. The van der Waals surface area contributed by atoms with Gasteiger partial charge in [-0.2, -0.15) is 0 Å². The van der Waals surface area contributed by atoms with E-state index in [2.05, 4.69) is 10.1 Å². The van der Waals surface area contributed by atoms with E-state index in [0.717, 1.165) is 10.6 Å². The molecule has 0 saturated heterocycles.